The maximum Gasteiger partial charge on any atom is 0.306 e. The number of hydrogen-bond donors (Lipinski definition) is 7. The first-order chi connectivity index (χ1) is 29.0. The van der Waals surface area contributed by atoms with Gasteiger partial charge in [-0.05, 0) is 38.5 Å². The minimum Gasteiger partial charge on any atom is -0.462 e. The summed E-state index contributed by atoms with van der Waals surface area (Å²) in [7, 11) is 0. The summed E-state index contributed by atoms with van der Waals surface area (Å²) in [6.45, 7) is 2.52. The maximum atomic E-state index is 12.9. The van der Waals surface area contributed by atoms with Crippen molar-refractivity contribution in [1.29, 1.82) is 0 Å². The zero-order chi connectivity index (χ0) is 44.0. The maximum absolute atomic E-state index is 12.9. The lowest BCUT2D eigenvalue weighted by Crippen LogP contribution is -2.61. The van der Waals surface area contributed by atoms with Crippen molar-refractivity contribution in [3.63, 3.8) is 0 Å². The molecule has 15 heteroatoms. The molecule has 0 amide bonds. The summed E-state index contributed by atoms with van der Waals surface area (Å²) in [5, 5.41) is 71.8. The fourth-order valence-corrected chi connectivity index (χ4v) is 7.33. The molecule has 60 heavy (non-hydrogen) atoms. The van der Waals surface area contributed by atoms with E-state index in [4.69, 9.17) is 28.4 Å². The predicted octanol–water partition coefficient (Wildman–Crippen LogP) is 5.04. The molecule has 352 valence electrons. The summed E-state index contributed by atoms with van der Waals surface area (Å²) in [6.07, 6.45) is 12.8. The lowest BCUT2D eigenvalue weighted by Gasteiger charge is -2.42. The first kappa shape index (κ1) is 54.4. The van der Waals surface area contributed by atoms with Crippen LogP contribution in [0.5, 0.6) is 0 Å². The summed E-state index contributed by atoms with van der Waals surface area (Å²) in [5.74, 6) is -0.933. The van der Waals surface area contributed by atoms with Crippen molar-refractivity contribution in [2.75, 3.05) is 26.4 Å². The van der Waals surface area contributed by atoms with Gasteiger partial charge in [-0.25, -0.2) is 0 Å². The number of hydrogen-bond acceptors (Lipinski definition) is 15. The molecule has 2 aliphatic rings. The van der Waals surface area contributed by atoms with E-state index in [-0.39, 0.29) is 26.1 Å². The van der Waals surface area contributed by atoms with Gasteiger partial charge in [-0.1, -0.05) is 129 Å². The fourth-order valence-electron chi connectivity index (χ4n) is 7.33. The van der Waals surface area contributed by atoms with E-state index in [1.807, 2.05) is 0 Å². The Labute approximate surface area is 359 Å². The number of ether oxygens (including phenoxy) is 6. The molecule has 0 saturated carbocycles. The number of esters is 2. The van der Waals surface area contributed by atoms with Gasteiger partial charge in [0.2, 0.25) is 0 Å². The molecule has 0 aromatic heterocycles. The van der Waals surface area contributed by atoms with Gasteiger partial charge in [-0.2, -0.15) is 0 Å². The van der Waals surface area contributed by atoms with Crippen LogP contribution in [0.15, 0.2) is 12.2 Å². The second kappa shape index (κ2) is 33.8. The standard InChI is InChI=1S/C45H82O15/c1-3-5-7-9-11-12-13-14-15-16-17-18-19-20-22-24-26-28-37(48)58-33(30-55-36(47)27-25-23-21-10-8-6-4-2)31-56-44-43(54)41(52)39(50)35(60-44)32-57-45-42(53)40(51)38(49)34(29-46)59-45/h14-15,33-35,38-46,49-54H,3-13,16-32H2,1-2H3/b15-14-. The van der Waals surface area contributed by atoms with Gasteiger partial charge in [0.05, 0.1) is 19.8 Å². The highest BCUT2D eigenvalue weighted by Gasteiger charge is 2.47. The van der Waals surface area contributed by atoms with Gasteiger partial charge in [0.1, 0.15) is 55.4 Å². The van der Waals surface area contributed by atoms with E-state index in [2.05, 4.69) is 26.0 Å². The Morgan fingerprint density at radius 3 is 1.47 bits per heavy atom. The third-order valence-electron chi connectivity index (χ3n) is 11.2. The smallest absolute Gasteiger partial charge is 0.306 e. The molecule has 0 aromatic rings. The third-order valence-corrected chi connectivity index (χ3v) is 11.2. The van der Waals surface area contributed by atoms with E-state index in [0.29, 0.717) is 12.8 Å². The quantitative estimate of drug-likeness (QED) is 0.0252. The van der Waals surface area contributed by atoms with Crippen LogP contribution < -0.4 is 0 Å². The highest BCUT2D eigenvalue weighted by Crippen LogP contribution is 2.26. The van der Waals surface area contributed by atoms with E-state index in [1.165, 1.54) is 70.6 Å². The molecule has 0 aliphatic carbocycles. The van der Waals surface area contributed by atoms with Crippen molar-refractivity contribution in [2.24, 2.45) is 0 Å². The van der Waals surface area contributed by atoms with E-state index in [9.17, 15) is 45.3 Å². The Morgan fingerprint density at radius 1 is 0.517 bits per heavy atom. The first-order valence-corrected chi connectivity index (χ1v) is 23.3. The van der Waals surface area contributed by atoms with Gasteiger partial charge < -0.3 is 64.2 Å². The SMILES string of the molecule is CCCCCCCC/C=C\CCCCCCCCCC(=O)OC(COC(=O)CCCCCCCCC)COC1OC(COC2OC(CO)C(O)C(O)C2O)C(O)C(O)C1O. The number of rotatable bonds is 35. The number of carbonyl (C=O) groups excluding carboxylic acids is 2. The topological polar surface area (TPSA) is 231 Å². The molecule has 7 N–H and O–H groups in total. The number of carbonyl (C=O) groups is 2. The van der Waals surface area contributed by atoms with E-state index in [1.54, 1.807) is 0 Å². The zero-order valence-electron chi connectivity index (χ0n) is 36.7. The van der Waals surface area contributed by atoms with Gasteiger partial charge in [-0.15, -0.1) is 0 Å². The molecule has 0 radical (unpaired) electrons. The van der Waals surface area contributed by atoms with Gasteiger partial charge in [-0.3, -0.25) is 9.59 Å². The summed E-state index contributed by atoms with van der Waals surface area (Å²) in [4.78, 5) is 25.5. The lowest BCUT2D eigenvalue weighted by molar-refractivity contribution is -0.332. The van der Waals surface area contributed by atoms with Gasteiger partial charge in [0, 0.05) is 12.8 Å². The first-order valence-electron chi connectivity index (χ1n) is 23.3. The molecule has 0 bridgehead atoms. The largest absolute Gasteiger partial charge is 0.462 e. The molecule has 2 aliphatic heterocycles. The highest BCUT2D eigenvalue weighted by atomic mass is 16.7. The Kier molecular flexibility index (Phi) is 30.6. The van der Waals surface area contributed by atoms with Crippen molar-refractivity contribution < 1.29 is 73.8 Å². The van der Waals surface area contributed by atoms with Gasteiger partial charge in [0.15, 0.2) is 18.7 Å². The van der Waals surface area contributed by atoms with Crippen LogP contribution in [-0.4, -0.2) is 142 Å². The van der Waals surface area contributed by atoms with Crippen molar-refractivity contribution in [1.82, 2.24) is 0 Å². The average molecular weight is 863 g/mol. The van der Waals surface area contributed by atoms with Crippen molar-refractivity contribution in [3.05, 3.63) is 12.2 Å². The summed E-state index contributed by atoms with van der Waals surface area (Å²) in [6, 6.07) is 0. The molecule has 2 saturated heterocycles. The summed E-state index contributed by atoms with van der Waals surface area (Å²) >= 11 is 0. The molecule has 2 heterocycles. The van der Waals surface area contributed by atoms with Crippen LogP contribution in [0.2, 0.25) is 0 Å². The zero-order valence-corrected chi connectivity index (χ0v) is 36.7. The number of unbranched alkanes of at least 4 members (excludes halogenated alkanes) is 19. The van der Waals surface area contributed by atoms with Crippen molar-refractivity contribution in [3.8, 4) is 0 Å². The van der Waals surface area contributed by atoms with Crippen molar-refractivity contribution in [2.45, 2.75) is 235 Å². The van der Waals surface area contributed by atoms with E-state index < -0.39 is 92.7 Å². The molecular formula is C45H82O15. The second-order valence-corrected chi connectivity index (χ2v) is 16.6. The van der Waals surface area contributed by atoms with Crippen LogP contribution >= 0.6 is 0 Å². The van der Waals surface area contributed by atoms with Gasteiger partial charge in [0.25, 0.3) is 0 Å². The Balaban J connectivity index is 1.81. The van der Waals surface area contributed by atoms with Crippen LogP contribution in [0.25, 0.3) is 0 Å². The highest BCUT2D eigenvalue weighted by molar-refractivity contribution is 5.70. The third kappa shape index (κ3) is 22.5. The lowest BCUT2D eigenvalue weighted by atomic mass is 9.98. The van der Waals surface area contributed by atoms with E-state index in [0.717, 1.165) is 57.8 Å². The van der Waals surface area contributed by atoms with E-state index >= 15 is 0 Å². The Hall–Kier alpha value is -1.76. The Bertz CT molecular complexity index is 1110. The van der Waals surface area contributed by atoms with Gasteiger partial charge >= 0.3 is 11.9 Å². The number of allylic oxidation sites excluding steroid dienone is 2. The minimum atomic E-state index is -1.76. The molecule has 15 nitrogen and oxygen atoms in total. The van der Waals surface area contributed by atoms with Crippen LogP contribution in [-0.2, 0) is 38.0 Å². The fraction of sp³-hybridized carbons (Fsp3) is 0.911. The molecule has 11 unspecified atom stereocenters. The Morgan fingerprint density at radius 2 is 0.950 bits per heavy atom. The minimum absolute atomic E-state index is 0.163. The molecular weight excluding hydrogens is 780 g/mol. The molecule has 11 atom stereocenters. The van der Waals surface area contributed by atoms with Crippen LogP contribution in [0.4, 0.5) is 0 Å². The van der Waals surface area contributed by atoms with Crippen LogP contribution in [0.3, 0.4) is 0 Å². The molecule has 2 fully saturated rings. The normalized spacial score (nSPS) is 27.6. The summed E-state index contributed by atoms with van der Waals surface area (Å²) in [5.41, 5.74) is 0. The monoisotopic (exact) mass is 863 g/mol. The average Bonchev–Trinajstić information content (AvgIpc) is 3.24. The number of aliphatic hydroxyl groups is 7. The molecule has 0 aromatic carbocycles. The predicted molar refractivity (Wildman–Crippen MR) is 224 cm³/mol. The molecule has 2 rings (SSSR count). The number of aliphatic hydroxyl groups excluding tert-OH is 7. The van der Waals surface area contributed by atoms with Crippen LogP contribution in [0.1, 0.15) is 168 Å². The van der Waals surface area contributed by atoms with Crippen molar-refractivity contribution >= 4 is 11.9 Å². The molecule has 0 spiro atoms. The van der Waals surface area contributed by atoms with Crippen LogP contribution in [0, 0.1) is 0 Å². The summed E-state index contributed by atoms with van der Waals surface area (Å²) < 4.78 is 33.4. The second-order valence-electron chi connectivity index (χ2n) is 16.6.